The summed E-state index contributed by atoms with van der Waals surface area (Å²) >= 11 is 1.88. The topological polar surface area (TPSA) is 3.24 Å². The van der Waals surface area contributed by atoms with E-state index in [-0.39, 0.29) is 5.41 Å². The highest BCUT2D eigenvalue weighted by atomic mass is 32.1. The molecule has 0 radical (unpaired) electrons. The van der Waals surface area contributed by atoms with Gasteiger partial charge in [-0.25, -0.2) is 0 Å². The number of hydrogen-bond acceptors (Lipinski definition) is 2. The Hall–Kier alpha value is -6.74. The number of rotatable bonds is 6. The highest BCUT2D eigenvalue weighted by Gasteiger charge is 2.36. The molecule has 0 saturated heterocycles. The normalized spacial score (nSPS) is 12.9. The smallest absolute Gasteiger partial charge is 0.0540 e. The van der Waals surface area contributed by atoms with Crippen LogP contribution in [0.2, 0.25) is 0 Å². The Morgan fingerprint density at radius 1 is 0.368 bits per heavy atom. The van der Waals surface area contributed by atoms with E-state index >= 15 is 0 Å². The van der Waals surface area contributed by atoms with E-state index in [1.54, 1.807) is 0 Å². The fraction of sp³-hybridized carbons (Fsp3) is 0.0545. The molecule has 0 atom stereocenters. The van der Waals surface area contributed by atoms with E-state index in [4.69, 9.17) is 0 Å². The molecule has 0 saturated carbocycles. The second-order valence-corrected chi connectivity index (χ2v) is 16.7. The quantitative estimate of drug-likeness (QED) is 0.164. The Morgan fingerprint density at radius 2 is 0.930 bits per heavy atom. The van der Waals surface area contributed by atoms with Gasteiger partial charge < -0.3 is 4.90 Å². The SMILES string of the molecule is CC1(C)c2cc(-c3ccccc3)ccc2-c2ccc(N(c3ccc(-c4cccc5c4sc4ccccc45)cc3)c3ccc(-c4ccccc4)c4ccccc34)cc21. The summed E-state index contributed by atoms with van der Waals surface area (Å²) < 4.78 is 2.66. The Bertz CT molecular complexity index is 3140. The molecule has 0 aliphatic heterocycles. The van der Waals surface area contributed by atoms with Crippen molar-refractivity contribution in [2.24, 2.45) is 0 Å². The predicted molar refractivity (Wildman–Crippen MR) is 245 cm³/mol. The van der Waals surface area contributed by atoms with Gasteiger partial charge in [0.05, 0.1) is 5.69 Å². The van der Waals surface area contributed by atoms with Gasteiger partial charge in [-0.15, -0.1) is 11.3 Å². The second-order valence-electron chi connectivity index (χ2n) is 15.7. The van der Waals surface area contributed by atoms with Crippen LogP contribution in [0.4, 0.5) is 17.1 Å². The number of nitrogens with zero attached hydrogens (tertiary/aromatic N) is 1. The Balaban J connectivity index is 1.07. The fourth-order valence-electron chi connectivity index (χ4n) is 9.21. The number of benzene rings is 9. The maximum Gasteiger partial charge on any atom is 0.0540 e. The number of fused-ring (bicyclic) bond motifs is 7. The summed E-state index contributed by atoms with van der Waals surface area (Å²) in [7, 11) is 0. The zero-order valence-electron chi connectivity index (χ0n) is 31.9. The van der Waals surface area contributed by atoms with Crippen molar-refractivity contribution in [1.82, 2.24) is 0 Å². The minimum Gasteiger partial charge on any atom is -0.310 e. The van der Waals surface area contributed by atoms with Crippen molar-refractivity contribution in [2.75, 3.05) is 4.90 Å². The molecule has 10 aromatic rings. The molecule has 0 N–H and O–H groups in total. The van der Waals surface area contributed by atoms with Crippen molar-refractivity contribution >= 4 is 59.3 Å². The fourth-order valence-corrected chi connectivity index (χ4v) is 10.5. The van der Waals surface area contributed by atoms with Gasteiger partial charge in [0.15, 0.2) is 0 Å². The molecule has 1 nitrogen and oxygen atoms in total. The van der Waals surface area contributed by atoms with Crippen LogP contribution in [0.5, 0.6) is 0 Å². The highest BCUT2D eigenvalue weighted by Crippen LogP contribution is 2.52. The molecule has 0 fully saturated rings. The molecule has 57 heavy (non-hydrogen) atoms. The van der Waals surface area contributed by atoms with E-state index in [2.05, 4.69) is 219 Å². The highest BCUT2D eigenvalue weighted by molar-refractivity contribution is 7.26. The first kappa shape index (κ1) is 33.6. The van der Waals surface area contributed by atoms with Crippen LogP contribution in [0, 0.1) is 0 Å². The molecule has 11 rings (SSSR count). The average Bonchev–Trinajstić information content (AvgIpc) is 3.76. The minimum absolute atomic E-state index is 0.177. The first-order valence-corrected chi connectivity index (χ1v) is 20.6. The van der Waals surface area contributed by atoms with Crippen molar-refractivity contribution in [3.05, 3.63) is 211 Å². The van der Waals surface area contributed by atoms with Gasteiger partial charge in [-0.05, 0) is 103 Å². The Kier molecular flexibility index (Phi) is 7.77. The van der Waals surface area contributed by atoms with Crippen LogP contribution in [0.15, 0.2) is 200 Å². The maximum absolute atomic E-state index is 2.47. The van der Waals surface area contributed by atoms with Gasteiger partial charge in [-0.1, -0.05) is 172 Å². The van der Waals surface area contributed by atoms with Crippen LogP contribution in [0.3, 0.4) is 0 Å². The van der Waals surface area contributed by atoms with Crippen molar-refractivity contribution < 1.29 is 0 Å². The van der Waals surface area contributed by atoms with Crippen LogP contribution in [-0.2, 0) is 5.41 Å². The summed E-state index contributed by atoms with van der Waals surface area (Å²) in [6.07, 6.45) is 0. The summed E-state index contributed by atoms with van der Waals surface area (Å²) in [4.78, 5) is 2.47. The van der Waals surface area contributed by atoms with Crippen molar-refractivity contribution in [3.63, 3.8) is 0 Å². The van der Waals surface area contributed by atoms with E-state index in [1.807, 2.05) is 11.3 Å². The van der Waals surface area contributed by atoms with Gasteiger partial charge >= 0.3 is 0 Å². The van der Waals surface area contributed by atoms with Gasteiger partial charge in [0.2, 0.25) is 0 Å². The largest absolute Gasteiger partial charge is 0.310 e. The third-order valence-corrected chi connectivity index (χ3v) is 13.3. The van der Waals surface area contributed by atoms with Crippen molar-refractivity contribution in [2.45, 2.75) is 19.3 Å². The first-order valence-electron chi connectivity index (χ1n) is 19.8. The molecule has 270 valence electrons. The third kappa shape index (κ3) is 5.44. The molecule has 1 aliphatic rings. The average molecular weight is 746 g/mol. The summed E-state index contributed by atoms with van der Waals surface area (Å²) in [6.45, 7) is 4.77. The third-order valence-electron chi connectivity index (χ3n) is 12.1. The number of thiophene rings is 1. The van der Waals surface area contributed by atoms with E-state index < -0.39 is 0 Å². The lowest BCUT2D eigenvalue weighted by atomic mass is 9.81. The molecule has 0 unspecified atom stereocenters. The van der Waals surface area contributed by atoms with Gasteiger partial charge in [-0.2, -0.15) is 0 Å². The molecule has 0 spiro atoms. The van der Waals surface area contributed by atoms with Gasteiger partial charge in [0, 0.05) is 42.3 Å². The van der Waals surface area contributed by atoms with Crippen LogP contribution in [0.1, 0.15) is 25.0 Å². The molecule has 1 aromatic heterocycles. The number of anilines is 3. The van der Waals surface area contributed by atoms with Crippen LogP contribution >= 0.6 is 11.3 Å². The van der Waals surface area contributed by atoms with Crippen LogP contribution in [-0.4, -0.2) is 0 Å². The predicted octanol–water partition coefficient (Wildman–Crippen LogP) is 16.0. The zero-order chi connectivity index (χ0) is 38.1. The molecule has 2 heteroatoms. The molecule has 9 aromatic carbocycles. The maximum atomic E-state index is 2.47. The standard InChI is InChI=1S/C55H39NS/c1-55(2)50-34-39(36-14-5-3-6-15-36)26-30-45(50)46-31-29-41(35-51(46)55)56(52-33-32-42(37-16-7-4-8-17-37)44-18-9-10-19-47(44)52)40-27-24-38(25-28-40)43-21-13-22-49-48-20-11-12-23-53(48)57-54(43)49/h3-35H,1-2H3. The molecule has 1 aliphatic carbocycles. The lowest BCUT2D eigenvalue weighted by Crippen LogP contribution is -2.17. The summed E-state index contributed by atoms with van der Waals surface area (Å²) in [5.41, 5.74) is 16.1. The van der Waals surface area contributed by atoms with Gasteiger partial charge in [0.25, 0.3) is 0 Å². The van der Waals surface area contributed by atoms with Crippen molar-refractivity contribution in [1.29, 1.82) is 0 Å². The number of hydrogen-bond donors (Lipinski definition) is 0. The molecule has 0 bridgehead atoms. The van der Waals surface area contributed by atoms with E-state index in [0.29, 0.717) is 0 Å². The zero-order valence-corrected chi connectivity index (χ0v) is 32.7. The van der Waals surface area contributed by atoms with E-state index in [9.17, 15) is 0 Å². The van der Waals surface area contributed by atoms with Crippen molar-refractivity contribution in [3.8, 4) is 44.5 Å². The molecular weight excluding hydrogens is 707 g/mol. The van der Waals surface area contributed by atoms with Gasteiger partial charge in [0.1, 0.15) is 0 Å². The summed E-state index contributed by atoms with van der Waals surface area (Å²) in [5.74, 6) is 0. The Labute approximate surface area is 337 Å². The van der Waals surface area contributed by atoms with E-state index in [1.165, 1.54) is 86.6 Å². The van der Waals surface area contributed by atoms with Crippen LogP contribution < -0.4 is 4.90 Å². The molecular formula is C55H39NS. The van der Waals surface area contributed by atoms with E-state index in [0.717, 1.165) is 17.1 Å². The first-order chi connectivity index (χ1) is 28.0. The summed E-state index contributed by atoms with van der Waals surface area (Å²) in [6, 6.07) is 73.8. The lowest BCUT2D eigenvalue weighted by Gasteiger charge is -2.29. The second kappa shape index (κ2) is 13.2. The summed E-state index contributed by atoms with van der Waals surface area (Å²) in [5, 5.41) is 5.10. The molecule has 0 amide bonds. The minimum atomic E-state index is -0.177. The monoisotopic (exact) mass is 745 g/mol. The molecule has 1 heterocycles. The van der Waals surface area contributed by atoms with Crippen LogP contribution in [0.25, 0.3) is 75.5 Å². The lowest BCUT2D eigenvalue weighted by molar-refractivity contribution is 0.660. The van der Waals surface area contributed by atoms with Gasteiger partial charge in [-0.3, -0.25) is 0 Å². The Morgan fingerprint density at radius 3 is 1.70 bits per heavy atom.